The summed E-state index contributed by atoms with van der Waals surface area (Å²) in [4.78, 5) is 27.9. The van der Waals surface area contributed by atoms with Crippen LogP contribution < -0.4 is 0 Å². The molecule has 0 spiro atoms. The molecular formula is C41H54N4O3P2Si. The Kier molecular flexibility index (Phi) is 9.03. The predicted molar refractivity (Wildman–Crippen MR) is 212 cm³/mol. The monoisotopic (exact) mass is 740 g/mol. The molecule has 4 atom stereocenters. The molecule has 5 fully saturated rings. The molecule has 4 bridgehead atoms. The first-order valence-corrected chi connectivity index (χ1v) is 24.1. The van der Waals surface area contributed by atoms with Gasteiger partial charge in [0.1, 0.15) is 0 Å². The Bertz CT molecular complexity index is 1660. The highest BCUT2D eigenvalue weighted by molar-refractivity contribution is 7.86. The molecule has 0 aromatic heterocycles. The second-order valence-corrected chi connectivity index (χ2v) is 27.0. The summed E-state index contributed by atoms with van der Waals surface area (Å²) < 4.78 is 11.9. The second kappa shape index (κ2) is 13.0. The molecule has 0 radical (unpaired) electrons. The Morgan fingerprint density at radius 1 is 0.686 bits per heavy atom. The molecule has 7 nitrogen and oxygen atoms in total. The van der Waals surface area contributed by atoms with Gasteiger partial charge in [0.2, 0.25) is 11.8 Å². The number of hydrogen-bond acceptors (Lipinski definition) is 5. The van der Waals surface area contributed by atoms with Crippen molar-refractivity contribution in [1.82, 2.24) is 9.56 Å². The summed E-state index contributed by atoms with van der Waals surface area (Å²) >= 11 is 0. The fourth-order valence-electron chi connectivity index (χ4n) is 11.6. The van der Waals surface area contributed by atoms with Gasteiger partial charge in [-0.3, -0.25) is 9.59 Å². The van der Waals surface area contributed by atoms with E-state index in [1.807, 2.05) is 21.7 Å². The van der Waals surface area contributed by atoms with Crippen molar-refractivity contribution in [2.75, 3.05) is 0 Å². The lowest BCUT2D eigenvalue weighted by Crippen LogP contribution is -2.53. The third-order valence-electron chi connectivity index (χ3n) is 13.0. The number of hydrogen-bond donors (Lipinski definition) is 0. The molecule has 0 N–H and O–H groups in total. The van der Waals surface area contributed by atoms with Crippen molar-refractivity contribution in [3.8, 4) is 0 Å². The zero-order valence-corrected chi connectivity index (χ0v) is 34.3. The smallest absolute Gasteiger partial charge is 0.258 e. The molecule has 1 saturated heterocycles. The van der Waals surface area contributed by atoms with Crippen molar-refractivity contribution < 1.29 is 14.0 Å². The summed E-state index contributed by atoms with van der Waals surface area (Å²) in [6, 6.07) is 20.8. The van der Waals surface area contributed by atoms with E-state index in [-0.39, 0.29) is 28.5 Å². The number of fused-ring (bicyclic) bond motifs is 3. The van der Waals surface area contributed by atoms with Gasteiger partial charge < -0.3 is 4.43 Å². The van der Waals surface area contributed by atoms with Gasteiger partial charge in [-0.05, 0) is 84.0 Å². The first kappa shape index (κ1) is 35.4. The van der Waals surface area contributed by atoms with Gasteiger partial charge in [-0.2, -0.15) is 10.2 Å². The minimum atomic E-state index is -2.48. The summed E-state index contributed by atoms with van der Waals surface area (Å²) in [6.07, 6.45) is 7.45. The zero-order valence-electron chi connectivity index (χ0n) is 31.5. The summed E-state index contributed by atoms with van der Waals surface area (Å²) in [6.45, 7) is 17.6. The maximum atomic E-state index is 14.0. The summed E-state index contributed by atoms with van der Waals surface area (Å²) in [5, 5.41) is 11.8. The van der Waals surface area contributed by atoms with Gasteiger partial charge in [0.05, 0.1) is 49.7 Å². The van der Waals surface area contributed by atoms with Crippen LogP contribution in [0, 0.1) is 23.2 Å². The van der Waals surface area contributed by atoms with Crippen LogP contribution in [0.2, 0.25) is 16.6 Å². The Morgan fingerprint density at radius 2 is 1.06 bits per heavy atom. The van der Waals surface area contributed by atoms with Gasteiger partial charge in [-0.1, -0.05) is 102 Å². The van der Waals surface area contributed by atoms with Crippen LogP contribution in [0.4, 0.5) is 0 Å². The predicted octanol–water partition coefficient (Wildman–Crippen LogP) is 10.6. The molecule has 2 amide bonds. The average molecular weight is 741 g/mol. The van der Waals surface area contributed by atoms with Crippen LogP contribution in [-0.2, 0) is 14.0 Å². The zero-order chi connectivity index (χ0) is 36.0. The van der Waals surface area contributed by atoms with Crippen LogP contribution >= 0.6 is 16.1 Å². The Labute approximate surface area is 308 Å². The van der Waals surface area contributed by atoms with Crippen molar-refractivity contribution in [3.63, 3.8) is 0 Å². The van der Waals surface area contributed by atoms with E-state index in [9.17, 15) is 9.59 Å². The lowest BCUT2D eigenvalue weighted by atomic mass is 9.49. The number of allylic oxidation sites excluding steroid dienone is 1. The van der Waals surface area contributed by atoms with E-state index in [2.05, 4.69) is 90.1 Å². The van der Waals surface area contributed by atoms with E-state index in [1.165, 1.54) is 30.1 Å². The first-order chi connectivity index (χ1) is 24.4. The SMILES string of the molecule is CC(=O)N1N=C(c2ccccc2)[C@H]2[C@@H]3C(c4ccccc4)=NN(C(C)=O)P3C(=C(O[Si](C(C)C)(C(C)C)C(C)C)C34CC5CC(CC(C5)C3)C4)P21. The van der Waals surface area contributed by atoms with Gasteiger partial charge in [-0.25, -0.2) is 9.56 Å². The maximum Gasteiger partial charge on any atom is 0.258 e. The lowest BCUT2D eigenvalue weighted by molar-refractivity contribution is -0.124. The molecular weight excluding hydrogens is 687 g/mol. The quantitative estimate of drug-likeness (QED) is 0.154. The number of nitrogens with zero attached hydrogens (tertiary/aromatic N) is 4. The van der Waals surface area contributed by atoms with Gasteiger partial charge in [-0.15, -0.1) is 0 Å². The van der Waals surface area contributed by atoms with E-state index < -0.39 is 24.5 Å². The standard InChI is InChI=1S/C41H54N4O3P2Si/c1-25(2)51(26(3)4,27(5)6)48-39(41-22-30-19-31(23-41)21-32(20-30)24-41)40-49-37(35(42-44(49)28(7)46)33-15-11-9-12-16-33)38-36(34-17-13-10-14-18-34)43-45(29(8)47)50(38)40/h9-18,25-27,30-32,37-38H,19-24H2,1-8H3/t30?,31?,32?,37-,38-,41?,49?,50?/m0/s1. The third-order valence-corrected chi connectivity index (χ3v) is 25.5. The van der Waals surface area contributed by atoms with Crippen LogP contribution in [0.1, 0.15) is 105 Å². The van der Waals surface area contributed by atoms with Crippen molar-refractivity contribution in [3.05, 3.63) is 82.6 Å². The lowest BCUT2D eigenvalue weighted by Gasteiger charge is -2.59. The highest BCUT2D eigenvalue weighted by atomic mass is 31.2. The van der Waals surface area contributed by atoms with Crippen molar-refractivity contribution in [2.24, 2.45) is 33.4 Å². The molecule has 2 aromatic carbocycles. The molecule has 10 heteroatoms. The topological polar surface area (TPSA) is 74.6 Å². The van der Waals surface area contributed by atoms with Crippen LogP contribution in [0.3, 0.4) is 0 Å². The fourth-order valence-corrected chi connectivity index (χ4v) is 25.1. The normalized spacial score (nSPS) is 32.1. The van der Waals surface area contributed by atoms with Crippen molar-refractivity contribution >= 4 is 47.7 Å². The van der Waals surface area contributed by atoms with Crippen LogP contribution in [0.25, 0.3) is 0 Å². The van der Waals surface area contributed by atoms with Crippen molar-refractivity contribution in [1.29, 1.82) is 0 Å². The minimum Gasteiger partial charge on any atom is -0.545 e. The van der Waals surface area contributed by atoms with Crippen LogP contribution in [-0.4, -0.2) is 52.4 Å². The molecule has 3 heterocycles. The number of hydrazone groups is 2. The van der Waals surface area contributed by atoms with Crippen molar-refractivity contribution in [2.45, 2.75) is 122 Å². The van der Waals surface area contributed by atoms with E-state index in [0.29, 0.717) is 34.4 Å². The number of carbonyl (C=O) groups is 2. The summed E-state index contributed by atoms with van der Waals surface area (Å²) in [7, 11) is -5.11. The Morgan fingerprint density at radius 3 is 1.39 bits per heavy atom. The Balaban J connectivity index is 1.44. The van der Waals surface area contributed by atoms with E-state index in [4.69, 9.17) is 14.6 Å². The number of amides is 2. The average Bonchev–Trinajstić information content (AvgIpc) is 3.75. The molecule has 7 aliphatic rings. The fraction of sp³-hybridized carbons (Fsp3) is 0.561. The van der Waals surface area contributed by atoms with Gasteiger partial charge in [0, 0.05) is 19.3 Å². The van der Waals surface area contributed by atoms with Gasteiger partial charge in [0.25, 0.3) is 8.32 Å². The summed E-state index contributed by atoms with van der Waals surface area (Å²) in [5.74, 6) is 3.26. The molecule has 2 unspecified atom stereocenters. The molecule has 4 saturated carbocycles. The highest BCUT2D eigenvalue weighted by Crippen LogP contribution is 2.84. The van der Waals surface area contributed by atoms with Crippen LogP contribution in [0.5, 0.6) is 0 Å². The first-order valence-electron chi connectivity index (χ1n) is 19.3. The van der Waals surface area contributed by atoms with E-state index in [1.54, 1.807) is 13.8 Å². The largest absolute Gasteiger partial charge is 0.545 e. The molecule has 4 aliphatic carbocycles. The minimum absolute atomic E-state index is 0.0387. The van der Waals surface area contributed by atoms with E-state index >= 15 is 0 Å². The Hall–Kier alpha value is -2.66. The molecule has 51 heavy (non-hydrogen) atoms. The molecule has 3 aliphatic heterocycles. The van der Waals surface area contributed by atoms with E-state index in [0.717, 1.165) is 41.8 Å². The highest BCUT2D eigenvalue weighted by Gasteiger charge is 2.67. The molecule has 270 valence electrons. The van der Waals surface area contributed by atoms with Crippen LogP contribution in [0.15, 0.2) is 81.7 Å². The number of rotatable bonds is 8. The second-order valence-electron chi connectivity index (χ2n) is 17.2. The maximum absolute atomic E-state index is 14.0. The summed E-state index contributed by atoms with van der Waals surface area (Å²) in [5.41, 5.74) is 4.89. The van der Waals surface area contributed by atoms with Gasteiger partial charge >= 0.3 is 0 Å². The number of benzene rings is 2. The molecule has 9 rings (SSSR count). The third kappa shape index (κ3) is 5.47. The number of carbonyl (C=O) groups excluding carboxylic acids is 2. The van der Waals surface area contributed by atoms with Gasteiger partial charge in [0.15, 0.2) is 0 Å². The molecule has 2 aromatic rings.